The van der Waals surface area contributed by atoms with Crippen molar-refractivity contribution in [1.29, 1.82) is 0 Å². The van der Waals surface area contributed by atoms with Crippen LogP contribution >= 0.6 is 22.9 Å². The quantitative estimate of drug-likeness (QED) is 0.435. The van der Waals surface area contributed by atoms with Crippen LogP contribution in [0.4, 0.5) is 0 Å². The van der Waals surface area contributed by atoms with Crippen molar-refractivity contribution in [2.75, 3.05) is 33.5 Å². The van der Waals surface area contributed by atoms with Gasteiger partial charge in [0.2, 0.25) is 0 Å². The van der Waals surface area contributed by atoms with Crippen LogP contribution in [0.15, 0.2) is 60.8 Å². The highest BCUT2D eigenvalue weighted by atomic mass is 35.5. The van der Waals surface area contributed by atoms with Gasteiger partial charge in [0.1, 0.15) is 9.88 Å². The number of aromatic nitrogens is 1. The fraction of sp³-hybridized carbons (Fsp3) is 0.273. The Morgan fingerprint density at radius 1 is 1.07 bits per heavy atom. The van der Waals surface area contributed by atoms with Crippen molar-refractivity contribution >= 4 is 28.8 Å². The van der Waals surface area contributed by atoms with E-state index >= 15 is 0 Å². The van der Waals surface area contributed by atoms with Crippen LogP contribution in [0.5, 0.6) is 0 Å². The molecule has 0 aliphatic rings. The van der Waals surface area contributed by atoms with E-state index in [1.54, 1.807) is 18.2 Å². The first-order valence-corrected chi connectivity index (χ1v) is 10.5. The van der Waals surface area contributed by atoms with E-state index < -0.39 is 0 Å². The number of nitrogens with zero attached hydrogens (tertiary/aromatic N) is 2. The van der Waals surface area contributed by atoms with E-state index in [-0.39, 0.29) is 5.91 Å². The molecule has 3 rings (SSSR count). The van der Waals surface area contributed by atoms with E-state index in [2.05, 4.69) is 4.98 Å². The maximum absolute atomic E-state index is 13.2. The van der Waals surface area contributed by atoms with Crippen molar-refractivity contribution in [1.82, 2.24) is 9.88 Å². The van der Waals surface area contributed by atoms with E-state index in [4.69, 9.17) is 21.1 Å². The second kappa shape index (κ2) is 11.1. The SMILES string of the molecule is COCCOCCN(Cc1ccccc1)C(=O)c1cnc(-c2ccccc2Cl)s1. The van der Waals surface area contributed by atoms with Gasteiger partial charge in [-0.1, -0.05) is 60.1 Å². The molecule has 0 aliphatic heterocycles. The smallest absolute Gasteiger partial charge is 0.265 e. The van der Waals surface area contributed by atoms with Crippen molar-refractivity contribution in [2.45, 2.75) is 6.54 Å². The van der Waals surface area contributed by atoms with Crippen molar-refractivity contribution in [2.24, 2.45) is 0 Å². The number of rotatable bonds is 10. The molecule has 0 fully saturated rings. The molecule has 0 saturated heterocycles. The molecule has 2 aromatic carbocycles. The van der Waals surface area contributed by atoms with Gasteiger partial charge in [-0.15, -0.1) is 11.3 Å². The van der Waals surface area contributed by atoms with Crippen LogP contribution in [0.1, 0.15) is 15.2 Å². The van der Waals surface area contributed by atoms with Crippen molar-refractivity contribution in [3.63, 3.8) is 0 Å². The van der Waals surface area contributed by atoms with E-state index in [0.29, 0.717) is 42.8 Å². The van der Waals surface area contributed by atoms with Crippen LogP contribution < -0.4 is 0 Å². The summed E-state index contributed by atoms with van der Waals surface area (Å²) in [6.07, 6.45) is 1.62. The molecular formula is C22H23ClN2O3S. The lowest BCUT2D eigenvalue weighted by atomic mass is 10.2. The molecule has 5 nitrogen and oxygen atoms in total. The predicted molar refractivity (Wildman–Crippen MR) is 116 cm³/mol. The van der Waals surface area contributed by atoms with Crippen LogP contribution in [0.2, 0.25) is 5.02 Å². The lowest BCUT2D eigenvalue weighted by Crippen LogP contribution is -2.33. The number of hydrogen-bond acceptors (Lipinski definition) is 5. The van der Waals surface area contributed by atoms with Gasteiger partial charge in [-0.05, 0) is 11.6 Å². The molecule has 29 heavy (non-hydrogen) atoms. The third kappa shape index (κ3) is 6.11. The van der Waals surface area contributed by atoms with E-state index in [1.165, 1.54) is 11.3 Å². The van der Waals surface area contributed by atoms with Crippen LogP contribution in [0, 0.1) is 0 Å². The van der Waals surface area contributed by atoms with Gasteiger partial charge in [0.15, 0.2) is 0 Å². The number of halogens is 1. The van der Waals surface area contributed by atoms with Crippen LogP contribution in [-0.2, 0) is 16.0 Å². The topological polar surface area (TPSA) is 51.7 Å². The fourth-order valence-corrected chi connectivity index (χ4v) is 3.97. The summed E-state index contributed by atoms with van der Waals surface area (Å²) >= 11 is 7.62. The standard InChI is InChI=1S/C22H23ClN2O3S/c1-27-13-14-28-12-11-25(16-17-7-3-2-4-8-17)22(26)20-15-24-21(29-20)18-9-5-6-10-19(18)23/h2-10,15H,11-14,16H2,1H3. The molecule has 1 amide bonds. The van der Waals surface area contributed by atoms with Gasteiger partial charge in [0, 0.05) is 25.8 Å². The first-order chi connectivity index (χ1) is 14.2. The van der Waals surface area contributed by atoms with E-state index in [0.717, 1.165) is 16.1 Å². The molecule has 0 unspecified atom stereocenters. The second-order valence-corrected chi connectivity index (χ2v) is 7.76. The first-order valence-electron chi connectivity index (χ1n) is 9.29. The second-order valence-electron chi connectivity index (χ2n) is 6.33. The normalized spacial score (nSPS) is 10.8. The molecule has 0 radical (unpaired) electrons. The molecule has 0 bridgehead atoms. The Morgan fingerprint density at radius 2 is 1.83 bits per heavy atom. The third-order valence-corrected chi connectivity index (χ3v) is 5.61. The number of carbonyl (C=O) groups excluding carboxylic acids is 1. The predicted octanol–water partition coefficient (Wildman–Crippen LogP) is 4.77. The zero-order valence-corrected chi connectivity index (χ0v) is 17.8. The molecular weight excluding hydrogens is 408 g/mol. The largest absolute Gasteiger partial charge is 0.382 e. The van der Waals surface area contributed by atoms with Gasteiger partial charge in [-0.2, -0.15) is 0 Å². The Hall–Kier alpha value is -2.25. The molecule has 0 atom stereocenters. The van der Waals surface area contributed by atoms with Gasteiger partial charge in [0.05, 0.1) is 31.0 Å². The summed E-state index contributed by atoms with van der Waals surface area (Å²) in [4.78, 5) is 20.0. The lowest BCUT2D eigenvalue weighted by Gasteiger charge is -2.22. The minimum absolute atomic E-state index is 0.0694. The fourth-order valence-electron chi connectivity index (χ4n) is 2.76. The Balaban J connectivity index is 1.74. The molecule has 0 aliphatic carbocycles. The zero-order valence-electron chi connectivity index (χ0n) is 16.2. The number of thiazole rings is 1. The Labute approximate surface area is 179 Å². The van der Waals surface area contributed by atoms with Crippen molar-refractivity contribution in [3.05, 3.63) is 76.3 Å². The number of carbonyl (C=O) groups is 1. The summed E-state index contributed by atoms with van der Waals surface area (Å²) in [7, 11) is 1.63. The number of benzene rings is 2. The number of methoxy groups -OCH3 is 1. The zero-order chi connectivity index (χ0) is 20.5. The summed E-state index contributed by atoms with van der Waals surface area (Å²) in [6, 6.07) is 17.4. The van der Waals surface area contributed by atoms with Crippen molar-refractivity contribution < 1.29 is 14.3 Å². The maximum atomic E-state index is 13.2. The summed E-state index contributed by atoms with van der Waals surface area (Å²) in [5.41, 5.74) is 1.89. The van der Waals surface area contributed by atoms with Gasteiger partial charge in [-0.25, -0.2) is 4.98 Å². The number of amides is 1. The van der Waals surface area contributed by atoms with Crippen LogP contribution in [0.25, 0.3) is 10.6 Å². The highest BCUT2D eigenvalue weighted by Crippen LogP contribution is 2.31. The van der Waals surface area contributed by atoms with E-state index in [9.17, 15) is 4.79 Å². The number of ether oxygens (including phenoxy) is 2. The Morgan fingerprint density at radius 3 is 2.59 bits per heavy atom. The summed E-state index contributed by atoms with van der Waals surface area (Å²) in [5.74, 6) is -0.0694. The van der Waals surface area contributed by atoms with Crippen LogP contribution in [0.3, 0.4) is 0 Å². The van der Waals surface area contributed by atoms with Crippen molar-refractivity contribution in [3.8, 4) is 10.6 Å². The molecule has 0 saturated carbocycles. The molecule has 3 aromatic rings. The summed E-state index contributed by atoms with van der Waals surface area (Å²) < 4.78 is 10.6. The van der Waals surface area contributed by atoms with Crippen LogP contribution in [-0.4, -0.2) is 49.3 Å². The average molecular weight is 431 g/mol. The molecule has 0 N–H and O–H groups in total. The molecule has 7 heteroatoms. The average Bonchev–Trinajstić information content (AvgIpc) is 3.23. The first kappa shape index (κ1) is 21.5. The molecule has 1 heterocycles. The monoisotopic (exact) mass is 430 g/mol. The Bertz CT molecular complexity index is 917. The summed E-state index contributed by atoms with van der Waals surface area (Å²) in [5, 5.41) is 1.35. The Kier molecular flexibility index (Phi) is 8.19. The molecule has 152 valence electrons. The highest BCUT2D eigenvalue weighted by molar-refractivity contribution is 7.17. The third-order valence-electron chi connectivity index (χ3n) is 4.26. The van der Waals surface area contributed by atoms with Gasteiger partial charge in [0.25, 0.3) is 5.91 Å². The van der Waals surface area contributed by atoms with Gasteiger partial charge < -0.3 is 14.4 Å². The minimum atomic E-state index is -0.0694. The van der Waals surface area contributed by atoms with Gasteiger partial charge in [-0.3, -0.25) is 4.79 Å². The molecule has 0 spiro atoms. The van der Waals surface area contributed by atoms with E-state index in [1.807, 2.05) is 54.6 Å². The minimum Gasteiger partial charge on any atom is -0.382 e. The lowest BCUT2D eigenvalue weighted by molar-refractivity contribution is 0.0479. The molecule has 1 aromatic heterocycles. The summed E-state index contributed by atoms with van der Waals surface area (Å²) in [6.45, 7) is 2.46. The van der Waals surface area contributed by atoms with Gasteiger partial charge >= 0.3 is 0 Å². The maximum Gasteiger partial charge on any atom is 0.265 e. The number of hydrogen-bond donors (Lipinski definition) is 0. The highest BCUT2D eigenvalue weighted by Gasteiger charge is 2.20.